The van der Waals surface area contributed by atoms with Gasteiger partial charge in [0.2, 0.25) is 0 Å². The van der Waals surface area contributed by atoms with Crippen molar-refractivity contribution in [2.45, 2.75) is 18.9 Å². The Kier molecular flexibility index (Phi) is 5.61. The number of benzene rings is 2. The molecule has 0 aromatic heterocycles. The predicted octanol–water partition coefficient (Wildman–Crippen LogP) is 3.56. The highest BCUT2D eigenvalue weighted by atomic mass is 19.1. The molecule has 1 amide bonds. The Balaban J connectivity index is 1.70. The Morgan fingerprint density at radius 1 is 1.12 bits per heavy atom. The maximum atomic E-state index is 13.0. The number of nitrogens with zero attached hydrogens (tertiary/aromatic N) is 1. The maximum absolute atomic E-state index is 13.0. The van der Waals surface area contributed by atoms with Crippen molar-refractivity contribution in [3.05, 3.63) is 53.8 Å². The summed E-state index contributed by atoms with van der Waals surface area (Å²) in [4.78, 5) is 14.7. The third-order valence-electron chi connectivity index (χ3n) is 4.52. The number of piperidine rings is 1. The molecular weight excluding hydrogens is 335 g/mol. The number of carbonyl (C=O) groups is 1. The Labute approximate surface area is 152 Å². The molecule has 0 radical (unpaired) electrons. The molecule has 0 unspecified atom stereocenters. The molecule has 1 aliphatic heterocycles. The van der Waals surface area contributed by atoms with Crippen molar-refractivity contribution in [1.29, 1.82) is 0 Å². The Morgan fingerprint density at radius 3 is 2.38 bits per heavy atom. The minimum absolute atomic E-state index is 0.0483. The van der Waals surface area contributed by atoms with Crippen molar-refractivity contribution in [2.75, 3.05) is 32.6 Å². The van der Waals surface area contributed by atoms with Gasteiger partial charge in [-0.05, 0) is 49.2 Å². The molecule has 1 N–H and O–H groups in total. The van der Waals surface area contributed by atoms with Crippen molar-refractivity contribution in [3.63, 3.8) is 0 Å². The van der Waals surface area contributed by atoms with Gasteiger partial charge in [0.1, 0.15) is 17.3 Å². The van der Waals surface area contributed by atoms with E-state index in [4.69, 9.17) is 9.47 Å². The third kappa shape index (κ3) is 4.25. The third-order valence-corrected chi connectivity index (χ3v) is 4.52. The normalized spacial score (nSPS) is 16.9. The molecule has 1 heterocycles. The molecule has 3 rings (SSSR count). The van der Waals surface area contributed by atoms with Crippen molar-refractivity contribution in [3.8, 4) is 11.5 Å². The molecule has 0 aliphatic carbocycles. The maximum Gasteiger partial charge on any atom is 0.254 e. The highest BCUT2D eigenvalue weighted by molar-refractivity contribution is 5.95. The van der Waals surface area contributed by atoms with Gasteiger partial charge in [-0.1, -0.05) is 0 Å². The molecule has 138 valence electrons. The van der Waals surface area contributed by atoms with Gasteiger partial charge in [0, 0.05) is 36.4 Å². The smallest absolute Gasteiger partial charge is 0.254 e. The van der Waals surface area contributed by atoms with Crippen molar-refractivity contribution in [1.82, 2.24) is 4.90 Å². The van der Waals surface area contributed by atoms with Crippen LogP contribution in [0.4, 0.5) is 10.1 Å². The SMILES string of the molecule is COc1cc(OC)cc(C(=O)N2CCC[C@@H](Nc3ccc(F)cc3)C2)c1. The summed E-state index contributed by atoms with van der Waals surface area (Å²) < 4.78 is 23.5. The van der Waals surface area contributed by atoms with E-state index in [1.54, 1.807) is 44.6 Å². The van der Waals surface area contributed by atoms with Gasteiger partial charge in [-0.3, -0.25) is 4.79 Å². The van der Waals surface area contributed by atoms with Crippen LogP contribution < -0.4 is 14.8 Å². The number of carbonyl (C=O) groups excluding carboxylic acids is 1. The standard InChI is InChI=1S/C20H23FN2O3/c1-25-18-10-14(11-19(12-18)26-2)20(24)23-9-3-4-17(13-23)22-16-7-5-15(21)6-8-16/h5-8,10-12,17,22H,3-4,9,13H2,1-2H3/t17-/m1/s1. The summed E-state index contributed by atoms with van der Waals surface area (Å²) in [6.45, 7) is 1.30. The van der Waals surface area contributed by atoms with E-state index in [2.05, 4.69) is 5.32 Å². The lowest BCUT2D eigenvalue weighted by molar-refractivity contribution is 0.0714. The van der Waals surface area contributed by atoms with Crippen molar-refractivity contribution >= 4 is 11.6 Å². The Morgan fingerprint density at radius 2 is 1.77 bits per heavy atom. The van der Waals surface area contributed by atoms with E-state index in [1.807, 2.05) is 4.90 Å². The molecular formula is C20H23FN2O3. The second-order valence-electron chi connectivity index (χ2n) is 6.34. The van der Waals surface area contributed by atoms with Gasteiger partial charge in [0.25, 0.3) is 5.91 Å². The first-order valence-corrected chi connectivity index (χ1v) is 8.63. The zero-order chi connectivity index (χ0) is 18.5. The van der Waals surface area contributed by atoms with E-state index in [1.165, 1.54) is 12.1 Å². The van der Waals surface area contributed by atoms with Crippen LogP contribution in [0.1, 0.15) is 23.2 Å². The summed E-state index contributed by atoms with van der Waals surface area (Å²) in [6.07, 6.45) is 1.87. The molecule has 1 saturated heterocycles. The number of likely N-dealkylation sites (tertiary alicyclic amines) is 1. The van der Waals surface area contributed by atoms with Crippen molar-refractivity contribution < 1.29 is 18.7 Å². The van der Waals surface area contributed by atoms with Gasteiger partial charge < -0.3 is 19.7 Å². The molecule has 1 fully saturated rings. The Bertz CT molecular complexity index is 742. The first-order valence-electron chi connectivity index (χ1n) is 8.63. The van der Waals surface area contributed by atoms with Crippen LogP contribution in [0.15, 0.2) is 42.5 Å². The summed E-state index contributed by atoms with van der Waals surface area (Å²) in [6, 6.07) is 11.6. The zero-order valence-corrected chi connectivity index (χ0v) is 15.0. The van der Waals surface area contributed by atoms with Gasteiger partial charge >= 0.3 is 0 Å². The van der Waals surface area contributed by atoms with Crippen LogP contribution in [0.3, 0.4) is 0 Å². The van der Waals surface area contributed by atoms with Gasteiger partial charge in [0.05, 0.1) is 14.2 Å². The van der Waals surface area contributed by atoms with E-state index in [-0.39, 0.29) is 17.8 Å². The first-order chi connectivity index (χ1) is 12.6. The highest BCUT2D eigenvalue weighted by Crippen LogP contribution is 2.25. The number of ether oxygens (including phenoxy) is 2. The zero-order valence-electron chi connectivity index (χ0n) is 15.0. The first kappa shape index (κ1) is 18.0. The molecule has 5 nitrogen and oxygen atoms in total. The number of nitrogens with one attached hydrogen (secondary N) is 1. The minimum Gasteiger partial charge on any atom is -0.497 e. The van der Waals surface area contributed by atoms with Crippen molar-refractivity contribution in [2.24, 2.45) is 0 Å². The molecule has 0 bridgehead atoms. The molecule has 0 saturated carbocycles. The second-order valence-corrected chi connectivity index (χ2v) is 6.34. The number of hydrogen-bond acceptors (Lipinski definition) is 4. The largest absolute Gasteiger partial charge is 0.497 e. The van der Waals surface area contributed by atoms with E-state index in [0.29, 0.717) is 30.2 Å². The quantitative estimate of drug-likeness (QED) is 0.888. The average molecular weight is 358 g/mol. The number of anilines is 1. The van der Waals surface area contributed by atoms with E-state index in [9.17, 15) is 9.18 Å². The minimum atomic E-state index is -0.261. The number of methoxy groups -OCH3 is 2. The summed E-state index contributed by atoms with van der Waals surface area (Å²) in [5.41, 5.74) is 1.40. The van der Waals surface area contributed by atoms with Crippen LogP contribution in [-0.4, -0.2) is 44.2 Å². The van der Waals surface area contributed by atoms with Crippen LogP contribution in [0.25, 0.3) is 0 Å². The number of amides is 1. The number of halogens is 1. The van der Waals surface area contributed by atoms with Gasteiger partial charge in [-0.2, -0.15) is 0 Å². The molecule has 2 aromatic rings. The summed E-state index contributed by atoms with van der Waals surface area (Å²) >= 11 is 0. The van der Waals surface area contributed by atoms with E-state index in [0.717, 1.165) is 18.5 Å². The average Bonchev–Trinajstić information content (AvgIpc) is 2.69. The van der Waals surface area contributed by atoms with Gasteiger partial charge in [0.15, 0.2) is 0 Å². The van der Waals surface area contributed by atoms with Gasteiger partial charge in [-0.25, -0.2) is 4.39 Å². The lowest BCUT2D eigenvalue weighted by atomic mass is 10.0. The second kappa shape index (κ2) is 8.08. The predicted molar refractivity (Wildman–Crippen MR) is 98.5 cm³/mol. The Hall–Kier alpha value is -2.76. The molecule has 1 atom stereocenters. The van der Waals surface area contributed by atoms with Crippen LogP contribution in [0.2, 0.25) is 0 Å². The van der Waals surface area contributed by atoms with E-state index >= 15 is 0 Å². The summed E-state index contributed by atoms with van der Waals surface area (Å²) in [5.74, 6) is 0.868. The number of rotatable bonds is 5. The molecule has 26 heavy (non-hydrogen) atoms. The lowest BCUT2D eigenvalue weighted by Crippen LogP contribution is -2.45. The summed E-state index contributed by atoms with van der Waals surface area (Å²) in [5, 5.41) is 3.38. The van der Waals surface area contributed by atoms with Gasteiger partial charge in [-0.15, -0.1) is 0 Å². The number of hydrogen-bond donors (Lipinski definition) is 1. The summed E-state index contributed by atoms with van der Waals surface area (Å²) in [7, 11) is 3.12. The molecule has 1 aliphatic rings. The topological polar surface area (TPSA) is 50.8 Å². The molecule has 6 heteroatoms. The van der Waals surface area contributed by atoms with Crippen LogP contribution in [-0.2, 0) is 0 Å². The van der Waals surface area contributed by atoms with Crippen LogP contribution >= 0.6 is 0 Å². The highest BCUT2D eigenvalue weighted by Gasteiger charge is 2.25. The van der Waals surface area contributed by atoms with Crippen LogP contribution in [0.5, 0.6) is 11.5 Å². The van der Waals surface area contributed by atoms with Crippen LogP contribution in [0, 0.1) is 5.82 Å². The fourth-order valence-electron chi connectivity index (χ4n) is 3.17. The molecule has 2 aromatic carbocycles. The molecule has 0 spiro atoms. The van der Waals surface area contributed by atoms with E-state index < -0.39 is 0 Å². The lowest BCUT2D eigenvalue weighted by Gasteiger charge is -2.34. The monoisotopic (exact) mass is 358 g/mol. The fraction of sp³-hybridized carbons (Fsp3) is 0.350. The fourth-order valence-corrected chi connectivity index (χ4v) is 3.17.